The molecule has 0 aromatic carbocycles. The Balaban J connectivity index is 0.000000720. The second-order valence-corrected chi connectivity index (χ2v) is 2.28. The van der Waals surface area contributed by atoms with Crippen molar-refractivity contribution >= 4 is 23.6 Å². The molecule has 2 aromatic rings. The van der Waals surface area contributed by atoms with Gasteiger partial charge in [-0.2, -0.15) is 0 Å². The van der Waals surface area contributed by atoms with Crippen molar-refractivity contribution in [2.45, 2.75) is 6.61 Å². The van der Waals surface area contributed by atoms with Gasteiger partial charge in [0.25, 0.3) is 0 Å². The van der Waals surface area contributed by atoms with E-state index >= 15 is 0 Å². The number of fused-ring (bicyclic) bond motifs is 1. The largest absolute Gasteiger partial charge is 0.392 e. The maximum atomic E-state index is 8.76. The minimum atomic E-state index is 0. The molecule has 2 rings (SSSR count). The number of nitrogens with one attached hydrogen (secondary N) is 1. The van der Waals surface area contributed by atoms with E-state index in [9.17, 15) is 0 Å². The van der Waals surface area contributed by atoms with Crippen LogP contribution >= 0.6 is 12.4 Å². The Hall–Kier alpha value is -1.13. The Morgan fingerprint density at radius 2 is 2.25 bits per heavy atom. The molecule has 0 atom stereocenters. The lowest BCUT2D eigenvalue weighted by Crippen LogP contribution is -1.85. The van der Waals surface area contributed by atoms with Crippen LogP contribution in [0.15, 0.2) is 18.6 Å². The first-order chi connectivity index (χ1) is 5.40. The van der Waals surface area contributed by atoms with Gasteiger partial charge in [-0.25, -0.2) is 9.97 Å². The lowest BCUT2D eigenvalue weighted by atomic mass is 10.3. The molecule has 4 nitrogen and oxygen atoms in total. The van der Waals surface area contributed by atoms with Crippen molar-refractivity contribution in [3.05, 3.63) is 24.2 Å². The highest BCUT2D eigenvalue weighted by Gasteiger charge is 1.97. The zero-order valence-corrected chi connectivity index (χ0v) is 7.01. The number of aliphatic hydroxyl groups is 1. The third-order valence-corrected chi connectivity index (χ3v) is 1.51. The van der Waals surface area contributed by atoms with Gasteiger partial charge >= 0.3 is 0 Å². The van der Waals surface area contributed by atoms with Crippen molar-refractivity contribution in [1.82, 2.24) is 15.0 Å². The van der Waals surface area contributed by atoms with Crippen LogP contribution < -0.4 is 0 Å². The smallest absolute Gasteiger partial charge is 0.177 e. The van der Waals surface area contributed by atoms with Gasteiger partial charge in [0.1, 0.15) is 0 Å². The van der Waals surface area contributed by atoms with Crippen molar-refractivity contribution in [2.75, 3.05) is 0 Å². The van der Waals surface area contributed by atoms with E-state index in [1.165, 1.54) is 0 Å². The summed E-state index contributed by atoms with van der Waals surface area (Å²) in [5, 5.41) is 8.76. The first kappa shape index (κ1) is 8.96. The van der Waals surface area contributed by atoms with Gasteiger partial charge in [0.2, 0.25) is 0 Å². The van der Waals surface area contributed by atoms with Crippen molar-refractivity contribution < 1.29 is 5.11 Å². The van der Waals surface area contributed by atoms with Gasteiger partial charge in [-0.3, -0.25) is 0 Å². The molecular weight excluding hydrogens is 178 g/mol. The molecule has 0 fully saturated rings. The van der Waals surface area contributed by atoms with Crippen molar-refractivity contribution in [3.8, 4) is 0 Å². The number of aliphatic hydroxyl groups excluding tert-OH is 1. The highest BCUT2D eigenvalue weighted by atomic mass is 35.5. The summed E-state index contributed by atoms with van der Waals surface area (Å²) in [4.78, 5) is 10.9. The van der Waals surface area contributed by atoms with Gasteiger partial charge in [0.05, 0.1) is 18.5 Å². The fourth-order valence-electron chi connectivity index (χ4n) is 0.959. The number of hydrogen-bond donors (Lipinski definition) is 2. The topological polar surface area (TPSA) is 61.8 Å². The normalized spacial score (nSPS) is 9.75. The first-order valence-electron chi connectivity index (χ1n) is 3.29. The number of rotatable bonds is 1. The van der Waals surface area contributed by atoms with E-state index in [-0.39, 0.29) is 19.0 Å². The SMILES string of the molecule is Cl.OCc1cnc2nc[nH]c2c1. The molecule has 0 bridgehead atoms. The Labute approximate surface area is 75.1 Å². The van der Waals surface area contributed by atoms with Gasteiger partial charge in [0, 0.05) is 6.20 Å². The summed E-state index contributed by atoms with van der Waals surface area (Å²) in [6.45, 7) is 0.0158. The molecule has 0 aliphatic rings. The van der Waals surface area contributed by atoms with Crippen molar-refractivity contribution in [1.29, 1.82) is 0 Å². The molecule has 0 amide bonds. The van der Waals surface area contributed by atoms with Crippen LogP contribution in [-0.2, 0) is 6.61 Å². The number of nitrogens with zero attached hydrogens (tertiary/aromatic N) is 2. The van der Waals surface area contributed by atoms with Crippen molar-refractivity contribution in [3.63, 3.8) is 0 Å². The lowest BCUT2D eigenvalue weighted by molar-refractivity contribution is 0.281. The number of aromatic amines is 1. The lowest BCUT2D eigenvalue weighted by Gasteiger charge is -1.92. The van der Waals surface area contributed by atoms with Crippen LogP contribution in [0.4, 0.5) is 0 Å². The summed E-state index contributed by atoms with van der Waals surface area (Å²) in [5.41, 5.74) is 2.33. The molecule has 2 N–H and O–H groups in total. The fraction of sp³-hybridized carbons (Fsp3) is 0.143. The predicted molar refractivity (Wildman–Crippen MR) is 47.1 cm³/mol. The molecule has 0 spiro atoms. The van der Waals surface area contributed by atoms with Gasteiger partial charge in [-0.15, -0.1) is 12.4 Å². The van der Waals surface area contributed by atoms with Gasteiger partial charge < -0.3 is 10.1 Å². The van der Waals surface area contributed by atoms with Crippen molar-refractivity contribution in [2.24, 2.45) is 0 Å². The monoisotopic (exact) mass is 185 g/mol. The molecule has 0 saturated heterocycles. The predicted octanol–water partition coefficient (Wildman–Crippen LogP) is 0.872. The Morgan fingerprint density at radius 3 is 3.00 bits per heavy atom. The van der Waals surface area contributed by atoms with Crippen LogP contribution in [0.3, 0.4) is 0 Å². The van der Waals surface area contributed by atoms with Crippen LogP contribution in [0.2, 0.25) is 0 Å². The maximum absolute atomic E-state index is 8.76. The van der Waals surface area contributed by atoms with E-state index in [1.54, 1.807) is 12.5 Å². The standard InChI is InChI=1S/C7H7N3O.ClH/c11-3-5-1-6-7(8-2-5)10-4-9-6;/h1-2,4,11H,3H2,(H,8,9,10);1H. The molecule has 0 saturated carbocycles. The molecule has 0 unspecified atom stereocenters. The van der Waals surface area contributed by atoms with E-state index < -0.39 is 0 Å². The van der Waals surface area contributed by atoms with E-state index in [0.717, 1.165) is 11.1 Å². The van der Waals surface area contributed by atoms with Gasteiger partial charge in [-0.1, -0.05) is 0 Å². The van der Waals surface area contributed by atoms with E-state index in [4.69, 9.17) is 5.11 Å². The Kier molecular flexibility index (Phi) is 2.62. The average Bonchev–Trinajstić information content (AvgIpc) is 2.50. The number of aromatic nitrogens is 3. The third kappa shape index (κ3) is 1.39. The number of hydrogen-bond acceptors (Lipinski definition) is 3. The fourth-order valence-corrected chi connectivity index (χ4v) is 0.959. The molecule has 2 aromatic heterocycles. The zero-order chi connectivity index (χ0) is 7.68. The maximum Gasteiger partial charge on any atom is 0.177 e. The summed E-state index contributed by atoms with van der Waals surface area (Å²) in [6, 6.07) is 1.83. The second kappa shape index (κ2) is 3.51. The molecular formula is C7H8ClN3O. The number of H-pyrrole nitrogens is 1. The molecule has 0 aliphatic heterocycles. The summed E-state index contributed by atoms with van der Waals surface area (Å²) < 4.78 is 0. The Morgan fingerprint density at radius 1 is 1.42 bits per heavy atom. The second-order valence-electron chi connectivity index (χ2n) is 2.28. The van der Waals surface area contributed by atoms with Gasteiger partial charge in [-0.05, 0) is 11.6 Å². The quantitative estimate of drug-likeness (QED) is 0.693. The van der Waals surface area contributed by atoms with Crippen LogP contribution in [0, 0.1) is 0 Å². The molecule has 0 radical (unpaired) electrons. The van der Waals surface area contributed by atoms with E-state index in [0.29, 0.717) is 5.65 Å². The first-order valence-corrected chi connectivity index (χ1v) is 3.29. The summed E-state index contributed by atoms with van der Waals surface area (Å²) in [6.07, 6.45) is 3.20. The molecule has 5 heteroatoms. The highest BCUT2D eigenvalue weighted by Crippen LogP contribution is 2.07. The van der Waals surface area contributed by atoms with Crippen LogP contribution in [0.1, 0.15) is 5.56 Å². The van der Waals surface area contributed by atoms with E-state index in [1.807, 2.05) is 6.07 Å². The average molecular weight is 186 g/mol. The van der Waals surface area contributed by atoms with E-state index in [2.05, 4.69) is 15.0 Å². The zero-order valence-electron chi connectivity index (χ0n) is 6.19. The molecule has 2 heterocycles. The number of pyridine rings is 1. The van der Waals surface area contributed by atoms with Crippen LogP contribution in [-0.4, -0.2) is 20.1 Å². The minimum Gasteiger partial charge on any atom is -0.392 e. The molecule has 12 heavy (non-hydrogen) atoms. The van der Waals surface area contributed by atoms with Crippen LogP contribution in [0.25, 0.3) is 11.2 Å². The number of halogens is 1. The minimum absolute atomic E-state index is 0. The highest BCUT2D eigenvalue weighted by molar-refractivity contribution is 5.85. The summed E-state index contributed by atoms with van der Waals surface area (Å²) >= 11 is 0. The third-order valence-electron chi connectivity index (χ3n) is 1.51. The van der Waals surface area contributed by atoms with Crippen LogP contribution in [0.5, 0.6) is 0 Å². The summed E-state index contributed by atoms with van der Waals surface area (Å²) in [5.74, 6) is 0. The summed E-state index contributed by atoms with van der Waals surface area (Å²) in [7, 11) is 0. The Bertz CT molecular complexity index is 373. The molecule has 0 aliphatic carbocycles. The molecule has 64 valence electrons. The number of imidazole rings is 1. The van der Waals surface area contributed by atoms with Gasteiger partial charge in [0.15, 0.2) is 5.65 Å².